The molecule has 0 aromatic carbocycles. The molecule has 2 unspecified atom stereocenters. The largest absolute Gasteiger partial charge is 0.396 e. The second-order valence-corrected chi connectivity index (χ2v) is 4.46. The summed E-state index contributed by atoms with van der Waals surface area (Å²) in [6, 6.07) is 0. The molecular formula is C11H24O. The Labute approximate surface area is 77.2 Å². The van der Waals surface area contributed by atoms with Crippen molar-refractivity contribution in [3.63, 3.8) is 0 Å². The summed E-state index contributed by atoms with van der Waals surface area (Å²) in [6.07, 6.45) is 3.89. The monoisotopic (exact) mass is 172 g/mol. The van der Waals surface area contributed by atoms with Crippen molar-refractivity contribution in [2.75, 3.05) is 6.61 Å². The minimum atomic E-state index is 0.336. The Morgan fingerprint density at radius 3 is 1.92 bits per heavy atom. The second-order valence-electron chi connectivity index (χ2n) is 4.46. The van der Waals surface area contributed by atoms with Gasteiger partial charge in [0.05, 0.1) is 0 Å². The normalized spacial score (nSPS) is 16.5. The predicted octanol–water partition coefficient (Wildman–Crippen LogP) is 3.08. The molecule has 2 atom stereocenters. The van der Waals surface area contributed by atoms with Gasteiger partial charge in [0.1, 0.15) is 0 Å². The fourth-order valence-electron chi connectivity index (χ4n) is 1.31. The molecule has 0 bridgehead atoms. The Hall–Kier alpha value is -0.0400. The molecule has 0 saturated heterocycles. The molecule has 1 N–H and O–H groups in total. The number of rotatable bonds is 6. The van der Waals surface area contributed by atoms with Gasteiger partial charge >= 0.3 is 0 Å². The first-order valence-electron chi connectivity index (χ1n) is 5.18. The van der Waals surface area contributed by atoms with Gasteiger partial charge in [-0.05, 0) is 17.8 Å². The van der Waals surface area contributed by atoms with Crippen LogP contribution in [0.25, 0.3) is 0 Å². The van der Waals surface area contributed by atoms with Crippen molar-refractivity contribution in [1.29, 1.82) is 0 Å². The van der Waals surface area contributed by atoms with Crippen molar-refractivity contribution in [1.82, 2.24) is 0 Å². The molecule has 0 aliphatic carbocycles. The van der Waals surface area contributed by atoms with Gasteiger partial charge in [-0.2, -0.15) is 0 Å². The molecule has 0 fully saturated rings. The van der Waals surface area contributed by atoms with Crippen LogP contribution in [0.3, 0.4) is 0 Å². The summed E-state index contributed by atoms with van der Waals surface area (Å²) in [4.78, 5) is 0. The molecule has 0 aromatic heterocycles. The first-order chi connectivity index (χ1) is 5.57. The van der Waals surface area contributed by atoms with Gasteiger partial charge in [0, 0.05) is 6.61 Å². The summed E-state index contributed by atoms with van der Waals surface area (Å²) in [5.74, 6) is 1.97. The maximum Gasteiger partial charge on any atom is 0.0459 e. The van der Waals surface area contributed by atoms with Gasteiger partial charge in [-0.3, -0.25) is 0 Å². The van der Waals surface area contributed by atoms with Crippen LogP contribution in [0, 0.1) is 17.8 Å². The van der Waals surface area contributed by atoms with Crippen LogP contribution < -0.4 is 0 Å². The Morgan fingerprint density at radius 2 is 1.50 bits per heavy atom. The van der Waals surface area contributed by atoms with E-state index in [1.54, 1.807) is 0 Å². The molecule has 74 valence electrons. The molecule has 0 heterocycles. The lowest BCUT2D eigenvalue weighted by atomic mass is 9.90. The SMILES string of the molecule is CC(C)CCCC(C)C(C)CO. The lowest BCUT2D eigenvalue weighted by Crippen LogP contribution is -2.12. The fourth-order valence-corrected chi connectivity index (χ4v) is 1.31. The average molecular weight is 172 g/mol. The van der Waals surface area contributed by atoms with Crippen molar-refractivity contribution in [3.8, 4) is 0 Å². The van der Waals surface area contributed by atoms with Crippen LogP contribution in [0.2, 0.25) is 0 Å². The van der Waals surface area contributed by atoms with Crippen LogP contribution in [0.1, 0.15) is 47.0 Å². The number of aliphatic hydroxyl groups excluding tert-OH is 1. The first-order valence-corrected chi connectivity index (χ1v) is 5.18. The summed E-state index contributed by atoms with van der Waals surface area (Å²) < 4.78 is 0. The lowest BCUT2D eigenvalue weighted by molar-refractivity contribution is 0.188. The van der Waals surface area contributed by atoms with Gasteiger partial charge in [0.2, 0.25) is 0 Å². The highest BCUT2D eigenvalue weighted by atomic mass is 16.3. The molecule has 1 heteroatoms. The van der Waals surface area contributed by atoms with Gasteiger partial charge < -0.3 is 5.11 Å². The van der Waals surface area contributed by atoms with E-state index in [9.17, 15) is 0 Å². The van der Waals surface area contributed by atoms with E-state index >= 15 is 0 Å². The minimum absolute atomic E-state index is 0.336. The maximum absolute atomic E-state index is 8.91. The third kappa shape index (κ3) is 5.59. The molecule has 0 aliphatic heterocycles. The average Bonchev–Trinajstić information content (AvgIpc) is 2.02. The Balaban J connectivity index is 3.37. The standard InChI is InChI=1S/C11H24O/c1-9(2)6-5-7-10(3)11(4)8-12/h9-12H,5-8H2,1-4H3. The van der Waals surface area contributed by atoms with E-state index in [1.165, 1.54) is 19.3 Å². The van der Waals surface area contributed by atoms with E-state index in [4.69, 9.17) is 5.11 Å². The summed E-state index contributed by atoms with van der Waals surface area (Å²) in [6.45, 7) is 9.23. The fraction of sp³-hybridized carbons (Fsp3) is 1.00. The van der Waals surface area contributed by atoms with E-state index in [1.807, 2.05) is 0 Å². The smallest absolute Gasteiger partial charge is 0.0459 e. The maximum atomic E-state index is 8.91. The molecule has 0 spiro atoms. The van der Waals surface area contributed by atoms with Crippen LogP contribution >= 0.6 is 0 Å². The van der Waals surface area contributed by atoms with Crippen molar-refractivity contribution in [3.05, 3.63) is 0 Å². The molecular weight excluding hydrogens is 148 g/mol. The molecule has 0 radical (unpaired) electrons. The number of hydrogen-bond donors (Lipinski definition) is 1. The highest BCUT2D eigenvalue weighted by molar-refractivity contribution is 4.61. The zero-order valence-corrected chi connectivity index (χ0v) is 9.01. The van der Waals surface area contributed by atoms with E-state index in [-0.39, 0.29) is 0 Å². The summed E-state index contributed by atoms with van der Waals surface area (Å²) in [5.41, 5.74) is 0. The molecule has 0 amide bonds. The summed E-state index contributed by atoms with van der Waals surface area (Å²) in [7, 11) is 0. The van der Waals surface area contributed by atoms with Crippen LogP contribution in [0.4, 0.5) is 0 Å². The van der Waals surface area contributed by atoms with Crippen LogP contribution in [0.15, 0.2) is 0 Å². The predicted molar refractivity (Wildman–Crippen MR) is 54.1 cm³/mol. The van der Waals surface area contributed by atoms with Crippen molar-refractivity contribution in [2.24, 2.45) is 17.8 Å². The zero-order chi connectivity index (χ0) is 9.56. The Kier molecular flexibility index (Phi) is 6.45. The second kappa shape index (κ2) is 6.47. The molecule has 1 nitrogen and oxygen atoms in total. The highest BCUT2D eigenvalue weighted by Gasteiger charge is 2.10. The van der Waals surface area contributed by atoms with Crippen LogP contribution in [-0.2, 0) is 0 Å². The van der Waals surface area contributed by atoms with Gasteiger partial charge in [0.25, 0.3) is 0 Å². The number of aliphatic hydroxyl groups is 1. The Morgan fingerprint density at radius 1 is 0.917 bits per heavy atom. The summed E-state index contributed by atoms with van der Waals surface area (Å²) in [5, 5.41) is 8.91. The van der Waals surface area contributed by atoms with Gasteiger partial charge in [-0.1, -0.05) is 47.0 Å². The zero-order valence-electron chi connectivity index (χ0n) is 9.01. The third-order valence-corrected chi connectivity index (χ3v) is 2.70. The van der Waals surface area contributed by atoms with Crippen LogP contribution in [0.5, 0.6) is 0 Å². The molecule has 0 aromatic rings. The Bertz CT molecular complexity index is 99.2. The van der Waals surface area contributed by atoms with Gasteiger partial charge in [-0.25, -0.2) is 0 Å². The molecule has 0 saturated carbocycles. The molecule has 0 rings (SSSR count). The topological polar surface area (TPSA) is 20.2 Å². The van der Waals surface area contributed by atoms with E-state index < -0.39 is 0 Å². The minimum Gasteiger partial charge on any atom is -0.396 e. The van der Waals surface area contributed by atoms with Crippen molar-refractivity contribution >= 4 is 0 Å². The van der Waals surface area contributed by atoms with Gasteiger partial charge in [-0.15, -0.1) is 0 Å². The quantitative estimate of drug-likeness (QED) is 0.653. The highest BCUT2D eigenvalue weighted by Crippen LogP contribution is 2.18. The van der Waals surface area contributed by atoms with E-state index in [0.29, 0.717) is 18.4 Å². The van der Waals surface area contributed by atoms with Gasteiger partial charge in [0.15, 0.2) is 0 Å². The van der Waals surface area contributed by atoms with Crippen molar-refractivity contribution in [2.45, 2.75) is 47.0 Å². The van der Waals surface area contributed by atoms with Crippen LogP contribution in [-0.4, -0.2) is 11.7 Å². The van der Waals surface area contributed by atoms with E-state index in [2.05, 4.69) is 27.7 Å². The summed E-state index contributed by atoms with van der Waals surface area (Å²) >= 11 is 0. The lowest BCUT2D eigenvalue weighted by Gasteiger charge is -2.17. The number of hydrogen-bond acceptors (Lipinski definition) is 1. The first kappa shape index (κ1) is 12.0. The molecule has 12 heavy (non-hydrogen) atoms. The molecule has 0 aliphatic rings. The third-order valence-electron chi connectivity index (χ3n) is 2.70. The van der Waals surface area contributed by atoms with E-state index in [0.717, 1.165) is 5.92 Å². The van der Waals surface area contributed by atoms with Crippen molar-refractivity contribution < 1.29 is 5.11 Å².